The number of aromatic nitrogens is 1. The fourth-order valence-electron chi connectivity index (χ4n) is 2.18. The maximum Gasteiger partial charge on any atom is 0.191 e. The molecule has 0 saturated heterocycles. The summed E-state index contributed by atoms with van der Waals surface area (Å²) in [6, 6.07) is 8.09. The van der Waals surface area contributed by atoms with Crippen LogP contribution in [0.2, 0.25) is 0 Å². The van der Waals surface area contributed by atoms with Crippen molar-refractivity contribution in [3.05, 3.63) is 45.9 Å². The molecule has 0 aliphatic carbocycles. The second-order valence-electron chi connectivity index (χ2n) is 5.73. The van der Waals surface area contributed by atoms with Crippen LogP contribution in [0.25, 0.3) is 0 Å². The number of nitrogens with one attached hydrogen (secondary N) is 2. The van der Waals surface area contributed by atoms with E-state index in [9.17, 15) is 0 Å². The summed E-state index contributed by atoms with van der Waals surface area (Å²) < 4.78 is 5.89. The molecular weight excluding hydrogens is 320 g/mol. The van der Waals surface area contributed by atoms with Gasteiger partial charge in [-0.15, -0.1) is 11.3 Å². The van der Waals surface area contributed by atoms with Crippen molar-refractivity contribution < 1.29 is 4.74 Å². The van der Waals surface area contributed by atoms with Crippen molar-refractivity contribution in [1.82, 2.24) is 15.6 Å². The highest BCUT2D eigenvalue weighted by molar-refractivity contribution is 7.09. The summed E-state index contributed by atoms with van der Waals surface area (Å²) in [5, 5.41) is 9.80. The first kappa shape index (κ1) is 18.3. The van der Waals surface area contributed by atoms with Crippen LogP contribution in [-0.2, 0) is 6.42 Å². The van der Waals surface area contributed by atoms with Gasteiger partial charge in [-0.25, -0.2) is 4.98 Å². The number of thiazole rings is 1. The van der Waals surface area contributed by atoms with Crippen molar-refractivity contribution in [1.29, 1.82) is 0 Å². The van der Waals surface area contributed by atoms with E-state index >= 15 is 0 Å². The van der Waals surface area contributed by atoms with Gasteiger partial charge in [0.1, 0.15) is 11.9 Å². The Kier molecular flexibility index (Phi) is 7.06. The number of hydrogen-bond acceptors (Lipinski definition) is 4. The number of guanidine groups is 1. The Hall–Kier alpha value is -2.08. The molecule has 0 spiro atoms. The Morgan fingerprint density at radius 3 is 2.62 bits per heavy atom. The summed E-state index contributed by atoms with van der Waals surface area (Å²) in [6.45, 7) is 7.62. The summed E-state index contributed by atoms with van der Waals surface area (Å²) in [7, 11) is 1.77. The number of benzene rings is 1. The molecule has 0 amide bonds. The highest BCUT2D eigenvalue weighted by atomic mass is 32.1. The highest BCUT2D eigenvalue weighted by Crippen LogP contribution is 2.13. The molecule has 1 unspecified atom stereocenters. The summed E-state index contributed by atoms with van der Waals surface area (Å²) in [5.41, 5.74) is 2.35. The Bertz CT molecular complexity index is 651. The fraction of sp³-hybridized carbons (Fsp3) is 0.444. The number of ether oxygens (including phenoxy) is 1. The van der Waals surface area contributed by atoms with E-state index in [4.69, 9.17) is 4.74 Å². The van der Waals surface area contributed by atoms with Gasteiger partial charge in [0.05, 0.1) is 17.2 Å². The van der Waals surface area contributed by atoms with E-state index in [0.29, 0.717) is 6.54 Å². The molecule has 0 radical (unpaired) electrons. The molecule has 5 nitrogen and oxygen atoms in total. The lowest BCUT2D eigenvalue weighted by Crippen LogP contribution is -2.42. The first-order chi connectivity index (χ1) is 11.6. The standard InChI is InChI=1S/C18H26N4OS/c1-13-5-7-17(8-6-13)23-14(2)11-21-18(19-4)20-10-9-16-12-24-15(3)22-16/h5-8,12,14H,9-11H2,1-4H3,(H2,19,20,21). The Labute approximate surface area is 148 Å². The molecule has 1 atom stereocenters. The molecule has 6 heteroatoms. The SMILES string of the molecule is CN=C(NCCc1csc(C)n1)NCC(C)Oc1ccc(C)cc1. The van der Waals surface area contributed by atoms with Crippen LogP contribution in [0, 0.1) is 13.8 Å². The first-order valence-electron chi connectivity index (χ1n) is 8.15. The van der Waals surface area contributed by atoms with Crippen LogP contribution in [0.4, 0.5) is 0 Å². The number of rotatable bonds is 7. The van der Waals surface area contributed by atoms with Crippen LogP contribution >= 0.6 is 11.3 Å². The van der Waals surface area contributed by atoms with Crippen molar-refractivity contribution in [2.24, 2.45) is 4.99 Å². The van der Waals surface area contributed by atoms with Crippen LogP contribution in [-0.4, -0.2) is 37.2 Å². The van der Waals surface area contributed by atoms with Crippen molar-refractivity contribution in [3.63, 3.8) is 0 Å². The van der Waals surface area contributed by atoms with E-state index in [2.05, 4.69) is 45.0 Å². The number of aryl methyl sites for hydroxylation is 2. The quantitative estimate of drug-likeness (QED) is 0.598. The first-order valence-corrected chi connectivity index (χ1v) is 9.03. The van der Waals surface area contributed by atoms with Gasteiger partial charge in [-0.1, -0.05) is 17.7 Å². The van der Waals surface area contributed by atoms with Crippen LogP contribution < -0.4 is 15.4 Å². The third kappa shape index (κ3) is 6.20. The largest absolute Gasteiger partial charge is 0.489 e. The lowest BCUT2D eigenvalue weighted by Gasteiger charge is -2.17. The molecule has 0 fully saturated rings. The van der Waals surface area contributed by atoms with Crippen LogP contribution in [0.15, 0.2) is 34.6 Å². The normalized spacial score (nSPS) is 12.8. The predicted molar refractivity (Wildman–Crippen MR) is 101 cm³/mol. The van der Waals surface area contributed by atoms with Crippen LogP contribution in [0.1, 0.15) is 23.2 Å². The second kappa shape index (κ2) is 9.27. The summed E-state index contributed by atoms with van der Waals surface area (Å²) in [4.78, 5) is 8.69. The molecule has 1 aromatic carbocycles. The summed E-state index contributed by atoms with van der Waals surface area (Å²) >= 11 is 1.68. The monoisotopic (exact) mass is 346 g/mol. The molecule has 24 heavy (non-hydrogen) atoms. The average molecular weight is 347 g/mol. The minimum Gasteiger partial charge on any atom is -0.489 e. The Balaban J connectivity index is 1.69. The van der Waals surface area contributed by atoms with Crippen LogP contribution in [0.3, 0.4) is 0 Å². The van der Waals surface area contributed by atoms with E-state index in [1.54, 1.807) is 18.4 Å². The third-order valence-corrected chi connectivity index (χ3v) is 4.30. The van der Waals surface area contributed by atoms with Gasteiger partial charge in [0.15, 0.2) is 5.96 Å². The molecule has 130 valence electrons. The second-order valence-corrected chi connectivity index (χ2v) is 6.79. The Morgan fingerprint density at radius 1 is 1.25 bits per heavy atom. The zero-order chi connectivity index (χ0) is 17.4. The van der Waals surface area contributed by atoms with Gasteiger partial charge in [-0.2, -0.15) is 0 Å². The zero-order valence-electron chi connectivity index (χ0n) is 14.8. The molecule has 2 N–H and O–H groups in total. The van der Waals surface area contributed by atoms with Gasteiger partial charge in [-0.3, -0.25) is 4.99 Å². The fourth-order valence-corrected chi connectivity index (χ4v) is 2.83. The minimum atomic E-state index is 0.0486. The summed E-state index contributed by atoms with van der Waals surface area (Å²) in [6.07, 6.45) is 0.938. The van der Waals surface area contributed by atoms with Gasteiger partial charge in [0, 0.05) is 25.4 Å². The maximum atomic E-state index is 5.89. The van der Waals surface area contributed by atoms with Crippen LogP contribution in [0.5, 0.6) is 5.75 Å². The molecule has 1 heterocycles. The molecule has 2 rings (SSSR count). The van der Waals surface area contributed by atoms with Gasteiger partial charge in [0.25, 0.3) is 0 Å². The van der Waals surface area contributed by atoms with E-state index in [-0.39, 0.29) is 6.10 Å². The Morgan fingerprint density at radius 2 is 2.00 bits per heavy atom. The van der Waals surface area contributed by atoms with Gasteiger partial charge >= 0.3 is 0 Å². The smallest absolute Gasteiger partial charge is 0.191 e. The summed E-state index contributed by atoms with van der Waals surface area (Å²) in [5.74, 6) is 1.66. The molecule has 2 aromatic rings. The van der Waals surface area contributed by atoms with E-state index in [1.807, 2.05) is 26.0 Å². The molecule has 0 aliphatic heterocycles. The highest BCUT2D eigenvalue weighted by Gasteiger charge is 2.06. The van der Waals surface area contributed by atoms with Crippen molar-refractivity contribution in [2.45, 2.75) is 33.3 Å². The molecule has 0 bridgehead atoms. The number of hydrogen-bond donors (Lipinski definition) is 2. The van der Waals surface area contributed by atoms with Gasteiger partial charge < -0.3 is 15.4 Å². The van der Waals surface area contributed by atoms with Crippen molar-refractivity contribution in [3.8, 4) is 5.75 Å². The molecular formula is C18H26N4OS. The minimum absolute atomic E-state index is 0.0486. The maximum absolute atomic E-state index is 5.89. The molecule has 0 aliphatic rings. The van der Waals surface area contributed by atoms with E-state index in [1.165, 1.54) is 5.56 Å². The predicted octanol–water partition coefficient (Wildman–Crippen LogP) is 2.93. The molecule has 1 aromatic heterocycles. The topological polar surface area (TPSA) is 58.5 Å². The zero-order valence-corrected chi connectivity index (χ0v) is 15.6. The van der Waals surface area contributed by atoms with Gasteiger partial charge in [-0.05, 0) is 32.9 Å². The van der Waals surface area contributed by atoms with Crippen molar-refractivity contribution in [2.75, 3.05) is 20.1 Å². The van der Waals surface area contributed by atoms with Gasteiger partial charge in [0.2, 0.25) is 0 Å². The van der Waals surface area contributed by atoms with E-state index in [0.717, 1.165) is 35.4 Å². The molecule has 0 saturated carbocycles. The van der Waals surface area contributed by atoms with E-state index < -0.39 is 0 Å². The lowest BCUT2D eigenvalue weighted by molar-refractivity contribution is 0.224. The number of nitrogens with zero attached hydrogens (tertiary/aromatic N) is 2. The lowest BCUT2D eigenvalue weighted by atomic mass is 10.2. The third-order valence-electron chi connectivity index (χ3n) is 3.48. The average Bonchev–Trinajstić information content (AvgIpc) is 2.98. The van der Waals surface area contributed by atoms with Crippen molar-refractivity contribution >= 4 is 17.3 Å². The number of aliphatic imine (C=N–C) groups is 1.